The predicted octanol–water partition coefficient (Wildman–Crippen LogP) is 2.46. The number of allylic oxidation sites excluding steroid dienone is 1. The SMILES string of the molecule is C=C1CCc2c1ccc(CCN)c2C. The fraction of sp³-hybridized carbons (Fsp3) is 0.385. The van der Waals surface area contributed by atoms with E-state index >= 15 is 0 Å². The Hall–Kier alpha value is -1.08. The van der Waals surface area contributed by atoms with Crippen LogP contribution >= 0.6 is 0 Å². The first-order valence-electron chi connectivity index (χ1n) is 5.23. The van der Waals surface area contributed by atoms with E-state index in [-0.39, 0.29) is 0 Å². The maximum absolute atomic E-state index is 5.58. The molecule has 0 spiro atoms. The third kappa shape index (κ3) is 1.38. The van der Waals surface area contributed by atoms with Gasteiger partial charge in [0.15, 0.2) is 0 Å². The van der Waals surface area contributed by atoms with Crippen LogP contribution in [0.25, 0.3) is 5.57 Å². The van der Waals surface area contributed by atoms with Gasteiger partial charge in [-0.15, -0.1) is 0 Å². The van der Waals surface area contributed by atoms with Crippen molar-refractivity contribution in [2.75, 3.05) is 6.54 Å². The van der Waals surface area contributed by atoms with Crippen molar-refractivity contribution in [1.29, 1.82) is 0 Å². The Balaban J connectivity index is 2.47. The Morgan fingerprint density at radius 1 is 1.36 bits per heavy atom. The lowest BCUT2D eigenvalue weighted by Gasteiger charge is -2.09. The van der Waals surface area contributed by atoms with Crippen LogP contribution in [0.1, 0.15) is 28.7 Å². The summed E-state index contributed by atoms with van der Waals surface area (Å²) in [5.74, 6) is 0. The van der Waals surface area contributed by atoms with Crippen molar-refractivity contribution in [3.05, 3.63) is 41.0 Å². The number of benzene rings is 1. The van der Waals surface area contributed by atoms with Crippen molar-refractivity contribution in [1.82, 2.24) is 0 Å². The highest BCUT2D eigenvalue weighted by Gasteiger charge is 2.17. The van der Waals surface area contributed by atoms with Gasteiger partial charge in [0.25, 0.3) is 0 Å². The minimum absolute atomic E-state index is 0.737. The molecule has 2 N–H and O–H groups in total. The van der Waals surface area contributed by atoms with Crippen molar-refractivity contribution in [3.63, 3.8) is 0 Å². The van der Waals surface area contributed by atoms with Gasteiger partial charge in [0, 0.05) is 0 Å². The Morgan fingerprint density at radius 2 is 2.14 bits per heavy atom. The van der Waals surface area contributed by atoms with Crippen molar-refractivity contribution < 1.29 is 0 Å². The largest absolute Gasteiger partial charge is 0.330 e. The lowest BCUT2D eigenvalue weighted by atomic mass is 9.96. The molecule has 0 bridgehead atoms. The Kier molecular flexibility index (Phi) is 2.42. The number of hydrogen-bond acceptors (Lipinski definition) is 1. The van der Waals surface area contributed by atoms with Crippen LogP contribution in [0, 0.1) is 6.92 Å². The molecule has 1 aliphatic rings. The fourth-order valence-corrected chi connectivity index (χ4v) is 2.30. The number of rotatable bonds is 2. The first kappa shape index (κ1) is 9.47. The van der Waals surface area contributed by atoms with Gasteiger partial charge >= 0.3 is 0 Å². The average molecular weight is 187 g/mol. The average Bonchev–Trinajstić information content (AvgIpc) is 2.54. The normalized spacial score (nSPS) is 14.6. The molecule has 0 atom stereocenters. The molecule has 0 radical (unpaired) electrons. The Labute approximate surface area is 85.6 Å². The third-order valence-corrected chi connectivity index (χ3v) is 3.18. The molecule has 0 aliphatic heterocycles. The summed E-state index contributed by atoms with van der Waals surface area (Å²) in [4.78, 5) is 0. The van der Waals surface area contributed by atoms with Gasteiger partial charge < -0.3 is 5.73 Å². The molecule has 0 fully saturated rings. The van der Waals surface area contributed by atoms with E-state index in [1.165, 1.54) is 34.2 Å². The van der Waals surface area contributed by atoms with E-state index in [0.29, 0.717) is 0 Å². The standard InChI is InChI=1S/C13H17N/c1-9-3-5-13-10(2)11(7-8-14)4-6-12(9)13/h4,6H,1,3,5,7-8,14H2,2H3. The molecule has 14 heavy (non-hydrogen) atoms. The van der Waals surface area contributed by atoms with Gasteiger partial charge in [-0.05, 0) is 60.6 Å². The van der Waals surface area contributed by atoms with Gasteiger partial charge in [-0.1, -0.05) is 18.7 Å². The van der Waals surface area contributed by atoms with Crippen LogP contribution in [0.15, 0.2) is 18.7 Å². The summed E-state index contributed by atoms with van der Waals surface area (Å²) >= 11 is 0. The molecule has 1 aromatic rings. The summed E-state index contributed by atoms with van der Waals surface area (Å²) in [7, 11) is 0. The summed E-state index contributed by atoms with van der Waals surface area (Å²) in [6.45, 7) is 7.04. The predicted molar refractivity (Wildman–Crippen MR) is 61.3 cm³/mol. The lowest BCUT2D eigenvalue weighted by molar-refractivity contribution is 0.946. The van der Waals surface area contributed by atoms with E-state index in [9.17, 15) is 0 Å². The van der Waals surface area contributed by atoms with Crippen LogP contribution in [0.4, 0.5) is 0 Å². The van der Waals surface area contributed by atoms with E-state index in [0.717, 1.165) is 19.4 Å². The zero-order chi connectivity index (χ0) is 10.1. The lowest BCUT2D eigenvalue weighted by Crippen LogP contribution is -2.05. The van der Waals surface area contributed by atoms with Crippen LogP contribution in [0.2, 0.25) is 0 Å². The molecule has 0 amide bonds. The van der Waals surface area contributed by atoms with Crippen molar-refractivity contribution in [2.45, 2.75) is 26.2 Å². The Morgan fingerprint density at radius 3 is 2.86 bits per heavy atom. The first-order valence-corrected chi connectivity index (χ1v) is 5.23. The molecule has 0 saturated heterocycles. The highest BCUT2D eigenvalue weighted by molar-refractivity contribution is 5.72. The minimum atomic E-state index is 0.737. The highest BCUT2D eigenvalue weighted by Crippen LogP contribution is 2.34. The van der Waals surface area contributed by atoms with Crippen LogP contribution < -0.4 is 5.73 Å². The Bertz CT molecular complexity index is 377. The van der Waals surface area contributed by atoms with Crippen LogP contribution in [0.5, 0.6) is 0 Å². The zero-order valence-corrected chi connectivity index (χ0v) is 8.77. The fourth-order valence-electron chi connectivity index (χ4n) is 2.30. The van der Waals surface area contributed by atoms with Gasteiger partial charge in [-0.25, -0.2) is 0 Å². The molecule has 1 aliphatic carbocycles. The second-order valence-electron chi connectivity index (χ2n) is 4.02. The van der Waals surface area contributed by atoms with Gasteiger partial charge in [0.2, 0.25) is 0 Å². The third-order valence-electron chi connectivity index (χ3n) is 3.18. The summed E-state index contributed by atoms with van der Waals surface area (Å²) in [5, 5.41) is 0. The van der Waals surface area contributed by atoms with E-state index < -0.39 is 0 Å². The van der Waals surface area contributed by atoms with E-state index in [4.69, 9.17) is 5.73 Å². The van der Waals surface area contributed by atoms with Gasteiger partial charge in [0.05, 0.1) is 0 Å². The molecule has 0 heterocycles. The maximum atomic E-state index is 5.58. The molecule has 1 nitrogen and oxygen atoms in total. The molecule has 0 unspecified atom stereocenters. The number of hydrogen-bond donors (Lipinski definition) is 1. The maximum Gasteiger partial charge on any atom is -0.00366 e. The van der Waals surface area contributed by atoms with Gasteiger partial charge in [-0.3, -0.25) is 0 Å². The molecular formula is C13H17N. The van der Waals surface area contributed by atoms with E-state index in [1.807, 2.05) is 0 Å². The second kappa shape index (κ2) is 3.58. The molecule has 74 valence electrons. The highest BCUT2D eigenvalue weighted by atomic mass is 14.5. The smallest absolute Gasteiger partial charge is 0.00366 e. The topological polar surface area (TPSA) is 26.0 Å². The van der Waals surface area contributed by atoms with Crippen molar-refractivity contribution >= 4 is 5.57 Å². The van der Waals surface area contributed by atoms with Gasteiger partial charge in [0.1, 0.15) is 0 Å². The van der Waals surface area contributed by atoms with E-state index in [2.05, 4.69) is 25.6 Å². The quantitative estimate of drug-likeness (QED) is 0.756. The monoisotopic (exact) mass is 187 g/mol. The summed E-state index contributed by atoms with van der Waals surface area (Å²) in [6.07, 6.45) is 3.28. The summed E-state index contributed by atoms with van der Waals surface area (Å²) in [5.41, 5.74) is 12.6. The molecule has 0 aromatic heterocycles. The number of nitrogens with two attached hydrogens (primary N) is 1. The van der Waals surface area contributed by atoms with Gasteiger partial charge in [-0.2, -0.15) is 0 Å². The molecule has 1 aromatic carbocycles. The van der Waals surface area contributed by atoms with Crippen molar-refractivity contribution in [3.8, 4) is 0 Å². The zero-order valence-electron chi connectivity index (χ0n) is 8.77. The molecule has 0 saturated carbocycles. The summed E-state index contributed by atoms with van der Waals surface area (Å²) < 4.78 is 0. The van der Waals surface area contributed by atoms with Crippen molar-refractivity contribution in [2.24, 2.45) is 5.73 Å². The molecule has 1 heteroatoms. The van der Waals surface area contributed by atoms with Crippen LogP contribution in [-0.2, 0) is 12.8 Å². The summed E-state index contributed by atoms with van der Waals surface area (Å²) in [6, 6.07) is 4.42. The minimum Gasteiger partial charge on any atom is -0.330 e. The number of fused-ring (bicyclic) bond motifs is 1. The van der Waals surface area contributed by atoms with Crippen LogP contribution in [0.3, 0.4) is 0 Å². The molecular weight excluding hydrogens is 170 g/mol. The first-order chi connectivity index (χ1) is 6.74. The second-order valence-corrected chi connectivity index (χ2v) is 4.02. The van der Waals surface area contributed by atoms with E-state index in [1.54, 1.807) is 0 Å². The van der Waals surface area contributed by atoms with Crippen LogP contribution in [-0.4, -0.2) is 6.54 Å². The molecule has 2 rings (SSSR count).